The highest BCUT2D eigenvalue weighted by molar-refractivity contribution is 5.80. The van der Waals surface area contributed by atoms with Crippen LogP contribution in [0.2, 0.25) is 0 Å². The van der Waals surface area contributed by atoms with Crippen molar-refractivity contribution in [1.82, 2.24) is 10.6 Å². The van der Waals surface area contributed by atoms with Crippen LogP contribution >= 0.6 is 0 Å². The summed E-state index contributed by atoms with van der Waals surface area (Å²) in [4.78, 5) is 4.35. The largest absolute Gasteiger partial charge is 0.493 e. The molecule has 0 heterocycles. The highest BCUT2D eigenvalue weighted by Gasteiger charge is 2.43. The van der Waals surface area contributed by atoms with Crippen LogP contribution in [0.1, 0.15) is 24.0 Å². The molecular formula is C21H27N3O2. The zero-order valence-electron chi connectivity index (χ0n) is 15.7. The lowest BCUT2D eigenvalue weighted by molar-refractivity contribution is 0.351. The van der Waals surface area contributed by atoms with Crippen LogP contribution in [0.5, 0.6) is 11.5 Å². The van der Waals surface area contributed by atoms with E-state index in [9.17, 15) is 0 Å². The molecule has 0 radical (unpaired) electrons. The molecule has 138 valence electrons. The van der Waals surface area contributed by atoms with Crippen molar-refractivity contribution in [1.29, 1.82) is 0 Å². The van der Waals surface area contributed by atoms with E-state index in [0.29, 0.717) is 6.54 Å². The summed E-state index contributed by atoms with van der Waals surface area (Å²) in [6.45, 7) is 1.49. The predicted molar refractivity (Wildman–Crippen MR) is 105 cm³/mol. The van der Waals surface area contributed by atoms with Crippen molar-refractivity contribution in [2.24, 2.45) is 4.99 Å². The smallest absolute Gasteiger partial charge is 0.191 e. The van der Waals surface area contributed by atoms with Gasteiger partial charge in [0.2, 0.25) is 0 Å². The number of benzene rings is 2. The Labute approximate surface area is 155 Å². The van der Waals surface area contributed by atoms with Gasteiger partial charge in [0.05, 0.1) is 14.2 Å². The van der Waals surface area contributed by atoms with Gasteiger partial charge in [-0.25, -0.2) is 0 Å². The second-order valence-corrected chi connectivity index (χ2v) is 6.58. The number of nitrogens with one attached hydrogen (secondary N) is 2. The third-order valence-corrected chi connectivity index (χ3v) is 4.99. The molecular weight excluding hydrogens is 326 g/mol. The molecule has 0 amide bonds. The number of methoxy groups -OCH3 is 2. The second kappa shape index (κ2) is 8.13. The van der Waals surface area contributed by atoms with Gasteiger partial charge in [-0.15, -0.1) is 0 Å². The first kappa shape index (κ1) is 18.1. The minimum atomic E-state index is 0.243. The van der Waals surface area contributed by atoms with Crippen LogP contribution in [0.3, 0.4) is 0 Å². The van der Waals surface area contributed by atoms with E-state index in [-0.39, 0.29) is 5.41 Å². The van der Waals surface area contributed by atoms with Crippen LogP contribution in [-0.4, -0.2) is 33.8 Å². The molecule has 1 fully saturated rings. The molecule has 3 rings (SSSR count). The van der Waals surface area contributed by atoms with E-state index >= 15 is 0 Å². The van der Waals surface area contributed by atoms with Crippen LogP contribution in [0.4, 0.5) is 0 Å². The average Bonchev–Trinajstić information content (AvgIpc) is 3.49. The standard InChI is InChI=1S/C21H27N3O2/c1-22-20(23-14-16-8-7-11-18(25-2)19(16)26-3)24-15-21(12-13-21)17-9-5-4-6-10-17/h4-11H,12-15H2,1-3H3,(H2,22,23,24). The SMILES string of the molecule is CN=C(NCc1cccc(OC)c1OC)NCC1(c2ccccc2)CC1. The van der Waals surface area contributed by atoms with Crippen molar-refractivity contribution < 1.29 is 9.47 Å². The molecule has 2 N–H and O–H groups in total. The minimum Gasteiger partial charge on any atom is -0.493 e. The fourth-order valence-electron chi connectivity index (χ4n) is 3.26. The average molecular weight is 353 g/mol. The summed E-state index contributed by atoms with van der Waals surface area (Å²) in [6, 6.07) is 16.6. The van der Waals surface area contributed by atoms with Crippen molar-refractivity contribution in [2.75, 3.05) is 27.8 Å². The lowest BCUT2D eigenvalue weighted by Gasteiger charge is -2.19. The van der Waals surface area contributed by atoms with Gasteiger partial charge < -0.3 is 20.1 Å². The Balaban J connectivity index is 1.60. The van der Waals surface area contributed by atoms with Gasteiger partial charge in [-0.05, 0) is 24.5 Å². The van der Waals surface area contributed by atoms with Crippen molar-refractivity contribution in [3.8, 4) is 11.5 Å². The van der Waals surface area contributed by atoms with Gasteiger partial charge in [0.1, 0.15) is 0 Å². The van der Waals surface area contributed by atoms with Crippen molar-refractivity contribution in [2.45, 2.75) is 24.8 Å². The van der Waals surface area contributed by atoms with E-state index in [1.165, 1.54) is 18.4 Å². The van der Waals surface area contributed by atoms with Crippen LogP contribution in [-0.2, 0) is 12.0 Å². The molecule has 2 aromatic rings. The number of ether oxygens (including phenoxy) is 2. The molecule has 5 heteroatoms. The second-order valence-electron chi connectivity index (χ2n) is 6.58. The van der Waals surface area contributed by atoms with E-state index < -0.39 is 0 Å². The Bertz CT molecular complexity index is 755. The third kappa shape index (κ3) is 3.93. The van der Waals surface area contributed by atoms with E-state index in [2.05, 4.69) is 46.0 Å². The Morgan fingerprint density at radius 2 is 1.77 bits per heavy atom. The molecule has 1 saturated carbocycles. The van der Waals surface area contributed by atoms with Crippen LogP contribution < -0.4 is 20.1 Å². The van der Waals surface area contributed by atoms with Gasteiger partial charge in [0, 0.05) is 31.1 Å². The predicted octanol–water partition coefficient (Wildman–Crippen LogP) is 3.10. The quantitative estimate of drug-likeness (QED) is 0.593. The van der Waals surface area contributed by atoms with Gasteiger partial charge in [-0.3, -0.25) is 4.99 Å². The first-order chi connectivity index (χ1) is 12.7. The fraction of sp³-hybridized carbons (Fsp3) is 0.381. The van der Waals surface area contributed by atoms with Crippen molar-refractivity contribution in [3.63, 3.8) is 0 Å². The maximum Gasteiger partial charge on any atom is 0.191 e. The summed E-state index contributed by atoms with van der Waals surface area (Å²) in [5.41, 5.74) is 2.67. The molecule has 0 spiro atoms. The number of nitrogens with zero attached hydrogens (tertiary/aromatic N) is 1. The summed E-state index contributed by atoms with van der Waals surface area (Å²) in [5, 5.41) is 6.84. The molecule has 0 atom stereocenters. The molecule has 0 unspecified atom stereocenters. The summed E-state index contributed by atoms with van der Waals surface area (Å²) >= 11 is 0. The molecule has 0 aliphatic heterocycles. The van der Waals surface area contributed by atoms with E-state index in [1.54, 1.807) is 21.3 Å². The molecule has 0 saturated heterocycles. The van der Waals surface area contributed by atoms with Gasteiger partial charge in [0.25, 0.3) is 0 Å². The summed E-state index contributed by atoms with van der Waals surface area (Å²) in [6.07, 6.45) is 2.43. The maximum atomic E-state index is 5.49. The number of rotatable bonds is 7. The molecule has 1 aliphatic rings. The highest BCUT2D eigenvalue weighted by Crippen LogP contribution is 2.47. The zero-order chi connectivity index (χ0) is 18.4. The molecule has 2 aromatic carbocycles. The van der Waals surface area contributed by atoms with Gasteiger partial charge in [0.15, 0.2) is 17.5 Å². The van der Waals surface area contributed by atoms with E-state index in [4.69, 9.17) is 9.47 Å². The highest BCUT2D eigenvalue weighted by atomic mass is 16.5. The lowest BCUT2D eigenvalue weighted by atomic mass is 9.96. The first-order valence-electron chi connectivity index (χ1n) is 8.92. The summed E-state index contributed by atoms with van der Waals surface area (Å²) in [7, 11) is 5.10. The molecule has 5 nitrogen and oxygen atoms in total. The number of para-hydroxylation sites is 1. The molecule has 26 heavy (non-hydrogen) atoms. The van der Waals surface area contributed by atoms with Crippen molar-refractivity contribution in [3.05, 3.63) is 59.7 Å². The third-order valence-electron chi connectivity index (χ3n) is 4.99. The molecule has 0 bridgehead atoms. The summed E-state index contributed by atoms with van der Waals surface area (Å²) < 4.78 is 10.9. The Morgan fingerprint density at radius 3 is 2.38 bits per heavy atom. The van der Waals surface area contributed by atoms with E-state index in [1.807, 2.05) is 18.2 Å². The monoisotopic (exact) mass is 353 g/mol. The summed E-state index contributed by atoms with van der Waals surface area (Å²) in [5.74, 6) is 2.27. The molecule has 1 aliphatic carbocycles. The van der Waals surface area contributed by atoms with Crippen LogP contribution in [0, 0.1) is 0 Å². The Kier molecular flexibility index (Phi) is 5.66. The number of aliphatic imine (C=N–C) groups is 1. The Morgan fingerprint density at radius 1 is 1.00 bits per heavy atom. The normalized spacial score (nSPS) is 15.3. The van der Waals surface area contributed by atoms with Gasteiger partial charge >= 0.3 is 0 Å². The number of hydrogen-bond donors (Lipinski definition) is 2. The Hall–Kier alpha value is -2.69. The minimum absolute atomic E-state index is 0.243. The van der Waals surface area contributed by atoms with E-state index in [0.717, 1.165) is 29.6 Å². The van der Waals surface area contributed by atoms with Crippen molar-refractivity contribution >= 4 is 5.96 Å². The van der Waals surface area contributed by atoms with Crippen LogP contribution in [0.15, 0.2) is 53.5 Å². The van der Waals surface area contributed by atoms with Crippen LogP contribution in [0.25, 0.3) is 0 Å². The molecule has 0 aromatic heterocycles. The fourth-order valence-corrected chi connectivity index (χ4v) is 3.26. The lowest BCUT2D eigenvalue weighted by Crippen LogP contribution is -2.40. The van der Waals surface area contributed by atoms with Gasteiger partial charge in [-0.1, -0.05) is 42.5 Å². The zero-order valence-corrected chi connectivity index (χ0v) is 15.7. The number of guanidine groups is 1. The maximum absolute atomic E-state index is 5.49. The number of hydrogen-bond acceptors (Lipinski definition) is 3. The first-order valence-corrected chi connectivity index (χ1v) is 8.92. The van der Waals surface area contributed by atoms with Gasteiger partial charge in [-0.2, -0.15) is 0 Å². The topological polar surface area (TPSA) is 54.9 Å².